The van der Waals surface area contributed by atoms with Crippen LogP contribution in [0.3, 0.4) is 0 Å². The number of pyridine rings is 1. The van der Waals surface area contributed by atoms with E-state index in [1.54, 1.807) is 24.5 Å². The SMILES string of the molecule is O=C1[C@@H]2[C@H](C(=O)N1c1ccncc1)C1(Br)c3ccccc3C2(Br)c2ccccc21. The second-order valence-electron chi connectivity index (χ2n) is 7.69. The number of halogens is 2. The molecule has 2 heterocycles. The highest BCUT2D eigenvalue weighted by atomic mass is 79.9. The van der Waals surface area contributed by atoms with E-state index in [0.717, 1.165) is 22.3 Å². The molecule has 0 N–H and O–H groups in total. The van der Waals surface area contributed by atoms with Crippen LogP contribution in [0.2, 0.25) is 0 Å². The molecule has 0 unspecified atom stereocenters. The maximum Gasteiger partial charge on any atom is 0.239 e. The molecule has 2 atom stereocenters. The van der Waals surface area contributed by atoms with E-state index in [-0.39, 0.29) is 11.8 Å². The first kappa shape index (κ1) is 17.5. The zero-order valence-electron chi connectivity index (χ0n) is 15.0. The maximum atomic E-state index is 13.7. The summed E-state index contributed by atoms with van der Waals surface area (Å²) in [5.74, 6) is -1.47. The lowest BCUT2D eigenvalue weighted by molar-refractivity contribution is -0.122. The molecule has 1 saturated heterocycles. The van der Waals surface area contributed by atoms with Gasteiger partial charge in [-0.05, 0) is 34.4 Å². The summed E-state index contributed by atoms with van der Waals surface area (Å²) in [6.07, 6.45) is 3.20. The smallest absolute Gasteiger partial charge is 0.239 e. The molecule has 0 radical (unpaired) electrons. The fourth-order valence-corrected chi connectivity index (χ4v) is 7.72. The summed E-state index contributed by atoms with van der Waals surface area (Å²) in [4.78, 5) is 32.8. The lowest BCUT2D eigenvalue weighted by atomic mass is 9.54. The number of anilines is 1. The van der Waals surface area contributed by atoms with Crippen LogP contribution in [0.4, 0.5) is 5.69 Å². The summed E-state index contributed by atoms with van der Waals surface area (Å²) in [5, 5.41) is 0. The summed E-state index contributed by atoms with van der Waals surface area (Å²) >= 11 is 7.99. The first-order chi connectivity index (χ1) is 14.0. The van der Waals surface area contributed by atoms with Crippen LogP contribution in [0.15, 0.2) is 73.1 Å². The molecule has 142 valence electrons. The summed E-state index contributed by atoms with van der Waals surface area (Å²) in [5.41, 5.74) is 4.71. The van der Waals surface area contributed by atoms with E-state index < -0.39 is 20.5 Å². The van der Waals surface area contributed by atoms with Gasteiger partial charge in [-0.3, -0.25) is 14.6 Å². The van der Waals surface area contributed by atoms with E-state index in [0.29, 0.717) is 5.69 Å². The van der Waals surface area contributed by atoms with Crippen LogP contribution in [0.1, 0.15) is 22.3 Å². The number of hydrogen-bond donors (Lipinski definition) is 0. The zero-order valence-corrected chi connectivity index (χ0v) is 18.2. The second-order valence-corrected chi connectivity index (χ2v) is 10.2. The maximum absolute atomic E-state index is 13.7. The van der Waals surface area contributed by atoms with E-state index in [9.17, 15) is 9.59 Å². The van der Waals surface area contributed by atoms with Crippen LogP contribution in [0.5, 0.6) is 0 Å². The minimum atomic E-state index is -0.755. The van der Waals surface area contributed by atoms with E-state index in [1.165, 1.54) is 4.90 Å². The number of rotatable bonds is 1. The van der Waals surface area contributed by atoms with Crippen LogP contribution < -0.4 is 4.90 Å². The standard InChI is InChI=1S/C23H14Br2N2O2/c24-22-14-5-1-2-6-15(14)23(25,17-8-4-3-7-16(17)22)19-18(22)20(28)27(21(19)29)13-9-11-26-12-10-13/h1-12,18-19H/t18-,19+,22?,23?. The fraction of sp³-hybridized carbons (Fsp3) is 0.174. The van der Waals surface area contributed by atoms with Crippen molar-refractivity contribution in [3.63, 3.8) is 0 Å². The number of benzene rings is 2. The van der Waals surface area contributed by atoms with Crippen molar-refractivity contribution in [1.29, 1.82) is 0 Å². The monoisotopic (exact) mass is 508 g/mol. The highest BCUT2D eigenvalue weighted by molar-refractivity contribution is 9.10. The number of hydrogen-bond acceptors (Lipinski definition) is 3. The predicted octanol–water partition coefficient (Wildman–Crippen LogP) is 4.49. The molecule has 4 nitrogen and oxygen atoms in total. The molecule has 29 heavy (non-hydrogen) atoms. The molecule has 3 aliphatic carbocycles. The first-order valence-electron chi connectivity index (χ1n) is 9.36. The van der Waals surface area contributed by atoms with Crippen molar-refractivity contribution < 1.29 is 9.59 Å². The molecule has 3 aromatic rings. The van der Waals surface area contributed by atoms with E-state index in [4.69, 9.17) is 0 Å². The Morgan fingerprint density at radius 1 is 0.690 bits per heavy atom. The molecule has 2 bridgehead atoms. The number of aromatic nitrogens is 1. The fourth-order valence-electron chi connectivity index (χ4n) is 5.41. The van der Waals surface area contributed by atoms with Crippen LogP contribution in [-0.2, 0) is 18.2 Å². The molecule has 1 fully saturated rings. The third-order valence-corrected chi connectivity index (χ3v) is 9.20. The van der Waals surface area contributed by atoms with Gasteiger partial charge in [0.15, 0.2) is 0 Å². The lowest BCUT2D eigenvalue weighted by Crippen LogP contribution is -2.56. The quantitative estimate of drug-likeness (QED) is 0.358. The Balaban J connectivity index is 1.69. The van der Waals surface area contributed by atoms with Gasteiger partial charge in [-0.15, -0.1) is 0 Å². The van der Waals surface area contributed by atoms with Crippen molar-refractivity contribution in [2.45, 2.75) is 8.65 Å². The predicted molar refractivity (Wildman–Crippen MR) is 116 cm³/mol. The van der Waals surface area contributed by atoms with E-state index >= 15 is 0 Å². The number of alkyl halides is 2. The van der Waals surface area contributed by atoms with Gasteiger partial charge in [0.25, 0.3) is 0 Å². The van der Waals surface area contributed by atoms with Gasteiger partial charge in [-0.1, -0.05) is 80.4 Å². The Bertz CT molecular complexity index is 1090. The van der Waals surface area contributed by atoms with Gasteiger partial charge < -0.3 is 0 Å². The van der Waals surface area contributed by atoms with Crippen molar-refractivity contribution in [1.82, 2.24) is 4.98 Å². The highest BCUT2D eigenvalue weighted by Gasteiger charge is 2.72. The molecule has 0 saturated carbocycles. The van der Waals surface area contributed by atoms with Crippen LogP contribution in [-0.4, -0.2) is 16.8 Å². The molecule has 0 spiro atoms. The molecule has 6 heteroatoms. The van der Waals surface area contributed by atoms with Gasteiger partial charge >= 0.3 is 0 Å². The average Bonchev–Trinajstić information content (AvgIpc) is 3.04. The Hall–Kier alpha value is -2.31. The Labute approximate surface area is 184 Å². The number of amides is 2. The van der Waals surface area contributed by atoms with Crippen molar-refractivity contribution in [3.05, 3.63) is 95.3 Å². The van der Waals surface area contributed by atoms with Gasteiger partial charge in [0.05, 0.1) is 26.2 Å². The Kier molecular flexibility index (Phi) is 3.41. The normalized spacial score (nSPS) is 31.4. The van der Waals surface area contributed by atoms with Crippen LogP contribution in [0.25, 0.3) is 0 Å². The number of carbonyl (C=O) groups is 2. The van der Waals surface area contributed by atoms with Crippen molar-refractivity contribution in [3.8, 4) is 0 Å². The topological polar surface area (TPSA) is 50.3 Å². The number of carbonyl (C=O) groups excluding carboxylic acids is 2. The molecule has 1 aromatic heterocycles. The van der Waals surface area contributed by atoms with Crippen molar-refractivity contribution in [2.75, 3.05) is 4.90 Å². The molecular weight excluding hydrogens is 496 g/mol. The molecule has 2 amide bonds. The van der Waals surface area contributed by atoms with Crippen LogP contribution >= 0.6 is 31.9 Å². The molecule has 4 aliphatic rings. The molecule has 1 aliphatic heterocycles. The van der Waals surface area contributed by atoms with Gasteiger partial charge in [-0.25, -0.2) is 4.90 Å². The lowest BCUT2D eigenvalue weighted by Gasteiger charge is -2.55. The average molecular weight is 510 g/mol. The van der Waals surface area contributed by atoms with E-state index in [2.05, 4.69) is 61.1 Å². The third kappa shape index (κ3) is 1.87. The zero-order chi connectivity index (χ0) is 20.0. The molecule has 7 rings (SSSR count). The Morgan fingerprint density at radius 3 is 1.45 bits per heavy atom. The van der Waals surface area contributed by atoms with Crippen molar-refractivity contribution >= 4 is 49.4 Å². The summed E-state index contributed by atoms with van der Waals surface area (Å²) < 4.78 is -1.51. The van der Waals surface area contributed by atoms with Gasteiger partial charge in [0.1, 0.15) is 0 Å². The molecular formula is C23H14Br2N2O2. The second kappa shape index (κ2) is 5.64. The third-order valence-electron chi connectivity index (χ3n) is 6.51. The first-order valence-corrected chi connectivity index (χ1v) is 10.9. The van der Waals surface area contributed by atoms with Gasteiger partial charge in [-0.2, -0.15) is 0 Å². The van der Waals surface area contributed by atoms with Gasteiger partial charge in [0, 0.05) is 12.4 Å². The number of imide groups is 1. The molecule has 2 aromatic carbocycles. The Morgan fingerprint density at radius 2 is 1.07 bits per heavy atom. The summed E-state index contributed by atoms with van der Waals surface area (Å²) in [7, 11) is 0. The van der Waals surface area contributed by atoms with Crippen LogP contribution in [0, 0.1) is 11.8 Å². The highest BCUT2D eigenvalue weighted by Crippen LogP contribution is 2.70. The van der Waals surface area contributed by atoms with Gasteiger partial charge in [0.2, 0.25) is 11.8 Å². The summed E-state index contributed by atoms with van der Waals surface area (Å²) in [6, 6.07) is 19.6. The largest absolute Gasteiger partial charge is 0.274 e. The minimum Gasteiger partial charge on any atom is -0.274 e. The van der Waals surface area contributed by atoms with E-state index in [1.807, 2.05) is 24.3 Å². The minimum absolute atomic E-state index is 0.184. The number of nitrogens with zero attached hydrogens (tertiary/aromatic N) is 2. The van der Waals surface area contributed by atoms with Crippen molar-refractivity contribution in [2.24, 2.45) is 11.8 Å². The summed E-state index contributed by atoms with van der Waals surface area (Å²) in [6.45, 7) is 0.